The number of nitrogens with one attached hydrogen (secondary N) is 1. The molecule has 0 aromatic rings. The van der Waals surface area contributed by atoms with Crippen molar-refractivity contribution in [1.82, 2.24) is 5.32 Å². The summed E-state index contributed by atoms with van der Waals surface area (Å²) in [6.07, 6.45) is 10.3. The highest BCUT2D eigenvalue weighted by molar-refractivity contribution is 5.03. The smallest absolute Gasteiger partial charge is 0.0952 e. The molecular weight excluding hydrogens is 162 g/mol. The van der Waals surface area contributed by atoms with Crippen LogP contribution in [-0.4, -0.2) is 25.3 Å². The van der Waals surface area contributed by atoms with Gasteiger partial charge in [0.25, 0.3) is 0 Å². The Morgan fingerprint density at radius 2 is 2.46 bits per heavy atom. The number of hydrogen-bond acceptors (Lipinski definition) is 2. The van der Waals surface area contributed by atoms with Crippen LogP contribution in [0, 0.1) is 12.3 Å². The predicted molar refractivity (Wildman–Crippen MR) is 54.5 cm³/mol. The van der Waals surface area contributed by atoms with Crippen molar-refractivity contribution in [3.8, 4) is 12.3 Å². The van der Waals surface area contributed by atoms with Crippen molar-refractivity contribution in [2.75, 3.05) is 13.2 Å². The van der Waals surface area contributed by atoms with Gasteiger partial charge < -0.3 is 10.1 Å². The van der Waals surface area contributed by atoms with Gasteiger partial charge in [-0.2, -0.15) is 0 Å². The van der Waals surface area contributed by atoms with Crippen LogP contribution in [0.15, 0.2) is 0 Å². The maximum Gasteiger partial charge on any atom is 0.0952 e. The zero-order chi connectivity index (χ0) is 9.52. The van der Waals surface area contributed by atoms with Crippen LogP contribution in [0.3, 0.4) is 0 Å². The minimum absolute atomic E-state index is 0.111. The van der Waals surface area contributed by atoms with Gasteiger partial charge in [-0.25, -0.2) is 0 Å². The van der Waals surface area contributed by atoms with E-state index in [-0.39, 0.29) is 12.1 Å². The SMILES string of the molecule is C#CC(NCCC)C1CCCCO1. The van der Waals surface area contributed by atoms with Gasteiger partial charge in [0.1, 0.15) is 0 Å². The summed E-state index contributed by atoms with van der Waals surface area (Å²) in [5, 5.41) is 3.33. The second-order valence-corrected chi connectivity index (χ2v) is 3.50. The first kappa shape index (κ1) is 10.6. The molecule has 0 radical (unpaired) electrons. The predicted octanol–water partition coefficient (Wildman–Crippen LogP) is 1.56. The third kappa shape index (κ3) is 3.38. The molecule has 0 spiro atoms. The second kappa shape index (κ2) is 6.01. The molecule has 1 N–H and O–H groups in total. The van der Waals surface area contributed by atoms with E-state index in [1.54, 1.807) is 0 Å². The van der Waals surface area contributed by atoms with E-state index in [0.29, 0.717) is 0 Å². The van der Waals surface area contributed by atoms with Crippen LogP contribution in [0.5, 0.6) is 0 Å². The summed E-state index contributed by atoms with van der Waals surface area (Å²) in [4.78, 5) is 0. The van der Waals surface area contributed by atoms with Crippen LogP contribution in [0.25, 0.3) is 0 Å². The Bertz CT molecular complexity index is 167. The molecule has 0 aliphatic carbocycles. The molecule has 0 bridgehead atoms. The lowest BCUT2D eigenvalue weighted by Gasteiger charge is -2.27. The van der Waals surface area contributed by atoms with E-state index in [4.69, 9.17) is 11.2 Å². The van der Waals surface area contributed by atoms with Gasteiger partial charge in [0.15, 0.2) is 0 Å². The van der Waals surface area contributed by atoms with Crippen molar-refractivity contribution in [2.24, 2.45) is 0 Å². The minimum atomic E-state index is 0.111. The van der Waals surface area contributed by atoms with E-state index in [9.17, 15) is 0 Å². The van der Waals surface area contributed by atoms with E-state index in [1.807, 2.05) is 0 Å². The van der Waals surface area contributed by atoms with Gasteiger partial charge >= 0.3 is 0 Å². The summed E-state index contributed by atoms with van der Waals surface area (Å²) in [5.74, 6) is 2.77. The first-order chi connectivity index (χ1) is 6.38. The molecule has 2 heteroatoms. The minimum Gasteiger partial charge on any atom is -0.376 e. The van der Waals surface area contributed by atoms with Crippen LogP contribution in [0.2, 0.25) is 0 Å². The second-order valence-electron chi connectivity index (χ2n) is 3.50. The van der Waals surface area contributed by atoms with E-state index < -0.39 is 0 Å². The quantitative estimate of drug-likeness (QED) is 0.664. The van der Waals surface area contributed by atoms with Gasteiger partial charge in [0.05, 0.1) is 12.1 Å². The summed E-state index contributed by atoms with van der Waals surface area (Å²) >= 11 is 0. The molecule has 0 saturated carbocycles. The van der Waals surface area contributed by atoms with E-state index in [2.05, 4.69) is 18.2 Å². The zero-order valence-corrected chi connectivity index (χ0v) is 8.38. The molecule has 13 heavy (non-hydrogen) atoms. The molecule has 0 aromatic heterocycles. The average Bonchev–Trinajstić information content (AvgIpc) is 2.21. The molecule has 1 fully saturated rings. The first-order valence-corrected chi connectivity index (χ1v) is 5.19. The lowest BCUT2D eigenvalue weighted by Crippen LogP contribution is -2.42. The summed E-state index contributed by atoms with van der Waals surface area (Å²) in [7, 11) is 0. The van der Waals surface area contributed by atoms with Crippen LogP contribution in [0.4, 0.5) is 0 Å². The van der Waals surface area contributed by atoms with Crippen molar-refractivity contribution in [3.63, 3.8) is 0 Å². The monoisotopic (exact) mass is 181 g/mol. The third-order valence-corrected chi connectivity index (χ3v) is 2.38. The summed E-state index contributed by atoms with van der Waals surface area (Å²) in [6.45, 7) is 3.99. The standard InChI is InChI=1S/C11H19NO/c1-3-8-12-10(4-2)11-7-5-6-9-13-11/h2,10-12H,3,5-9H2,1H3. The highest BCUT2D eigenvalue weighted by Gasteiger charge is 2.21. The van der Waals surface area contributed by atoms with Crippen LogP contribution in [0.1, 0.15) is 32.6 Å². The lowest BCUT2D eigenvalue weighted by atomic mass is 10.0. The largest absolute Gasteiger partial charge is 0.376 e. The van der Waals surface area contributed by atoms with E-state index in [0.717, 1.165) is 26.0 Å². The highest BCUT2D eigenvalue weighted by Crippen LogP contribution is 2.15. The molecule has 1 saturated heterocycles. The number of terminal acetylenes is 1. The molecule has 1 rings (SSSR count). The number of ether oxygens (including phenoxy) is 1. The Kier molecular flexibility index (Phi) is 4.88. The fourth-order valence-corrected chi connectivity index (χ4v) is 1.63. The Morgan fingerprint density at radius 1 is 1.62 bits per heavy atom. The maximum atomic E-state index is 5.62. The van der Waals surface area contributed by atoms with Gasteiger partial charge in [-0.1, -0.05) is 12.8 Å². The van der Waals surface area contributed by atoms with Crippen molar-refractivity contribution >= 4 is 0 Å². The number of rotatable bonds is 4. The normalized spacial score (nSPS) is 25.1. The van der Waals surface area contributed by atoms with Crippen molar-refractivity contribution in [1.29, 1.82) is 0 Å². The topological polar surface area (TPSA) is 21.3 Å². The summed E-state index contributed by atoms with van der Waals surface area (Å²) in [5.41, 5.74) is 0. The van der Waals surface area contributed by atoms with Gasteiger partial charge in [0.2, 0.25) is 0 Å². The first-order valence-electron chi connectivity index (χ1n) is 5.19. The van der Waals surface area contributed by atoms with Crippen LogP contribution < -0.4 is 5.32 Å². The summed E-state index contributed by atoms with van der Waals surface area (Å²) in [6, 6.07) is 0.111. The van der Waals surface area contributed by atoms with Crippen molar-refractivity contribution in [2.45, 2.75) is 44.8 Å². The fraction of sp³-hybridized carbons (Fsp3) is 0.818. The van der Waals surface area contributed by atoms with Gasteiger partial charge in [-0.3, -0.25) is 0 Å². The average molecular weight is 181 g/mol. The molecule has 1 aliphatic heterocycles. The van der Waals surface area contributed by atoms with Gasteiger partial charge in [-0.05, 0) is 32.2 Å². The van der Waals surface area contributed by atoms with E-state index >= 15 is 0 Å². The van der Waals surface area contributed by atoms with Crippen LogP contribution in [-0.2, 0) is 4.74 Å². The lowest BCUT2D eigenvalue weighted by molar-refractivity contribution is 0.00415. The molecule has 0 aromatic carbocycles. The van der Waals surface area contributed by atoms with Gasteiger partial charge in [0, 0.05) is 6.61 Å². The van der Waals surface area contributed by atoms with Crippen molar-refractivity contribution in [3.05, 3.63) is 0 Å². The Labute approximate surface area is 81.0 Å². The number of hydrogen-bond donors (Lipinski definition) is 1. The Balaban J connectivity index is 2.31. The Hall–Kier alpha value is -0.520. The molecule has 74 valence electrons. The Morgan fingerprint density at radius 3 is 3.00 bits per heavy atom. The zero-order valence-electron chi connectivity index (χ0n) is 8.38. The van der Waals surface area contributed by atoms with Gasteiger partial charge in [-0.15, -0.1) is 6.42 Å². The maximum absolute atomic E-state index is 5.62. The molecular formula is C11H19NO. The molecule has 1 aliphatic rings. The molecule has 2 unspecified atom stereocenters. The molecule has 0 amide bonds. The fourth-order valence-electron chi connectivity index (χ4n) is 1.63. The summed E-state index contributed by atoms with van der Waals surface area (Å²) < 4.78 is 5.62. The van der Waals surface area contributed by atoms with Crippen molar-refractivity contribution < 1.29 is 4.74 Å². The van der Waals surface area contributed by atoms with E-state index in [1.165, 1.54) is 12.8 Å². The highest BCUT2D eigenvalue weighted by atomic mass is 16.5. The third-order valence-electron chi connectivity index (χ3n) is 2.38. The van der Waals surface area contributed by atoms with Crippen LogP contribution >= 0.6 is 0 Å². The molecule has 2 nitrogen and oxygen atoms in total. The molecule has 2 atom stereocenters. The molecule has 1 heterocycles.